The van der Waals surface area contributed by atoms with E-state index in [0.717, 1.165) is 0 Å². The van der Waals surface area contributed by atoms with Crippen molar-refractivity contribution in [2.45, 2.75) is 55.8 Å². The summed E-state index contributed by atoms with van der Waals surface area (Å²) in [6, 6.07) is 0. The minimum Gasteiger partial charge on any atom is -0.382 e. The molecule has 0 spiro atoms. The lowest BCUT2D eigenvalue weighted by Crippen LogP contribution is -2.47. The van der Waals surface area contributed by atoms with Crippen molar-refractivity contribution in [3.8, 4) is 0 Å². The van der Waals surface area contributed by atoms with Gasteiger partial charge in [0.15, 0.2) is 29.2 Å². The van der Waals surface area contributed by atoms with Crippen LogP contribution in [-0.4, -0.2) is 93.3 Å². The van der Waals surface area contributed by atoms with Crippen LogP contribution >= 0.6 is 25.8 Å². The molecular formula is C25H30N10O9P2S2. The van der Waals surface area contributed by atoms with Gasteiger partial charge in [0.05, 0.1) is 38.4 Å². The molecule has 256 valence electrons. The predicted molar refractivity (Wildman–Crippen MR) is 174 cm³/mol. The average Bonchev–Trinajstić information content (AvgIpc) is 3.85. The Labute approximate surface area is 282 Å². The highest BCUT2D eigenvalue weighted by Crippen LogP contribution is 2.63. The van der Waals surface area contributed by atoms with Crippen LogP contribution < -0.4 is 11.5 Å². The maximum absolute atomic E-state index is 14.1. The molecule has 0 aliphatic carbocycles. The number of thiol groups is 1. The Morgan fingerprint density at radius 2 is 1.58 bits per heavy atom. The van der Waals surface area contributed by atoms with Crippen LogP contribution in [0.5, 0.6) is 0 Å². The summed E-state index contributed by atoms with van der Waals surface area (Å²) in [6.45, 7) is -5.52. The zero-order valence-electron chi connectivity index (χ0n) is 25.2. The first kappa shape index (κ1) is 32.5. The third kappa shape index (κ3) is 5.19. The summed E-state index contributed by atoms with van der Waals surface area (Å²) in [4.78, 5) is 36.8. The van der Waals surface area contributed by atoms with Crippen LogP contribution in [0.3, 0.4) is 0 Å². The highest BCUT2D eigenvalue weighted by molar-refractivity contribution is 8.44. The van der Waals surface area contributed by atoms with Crippen LogP contribution in [0.15, 0.2) is 37.5 Å². The molecule has 10 atom stereocenters. The molecule has 4 aliphatic rings. The van der Waals surface area contributed by atoms with Gasteiger partial charge in [0.1, 0.15) is 59.4 Å². The van der Waals surface area contributed by atoms with Gasteiger partial charge in [0.25, 0.3) is 0 Å². The molecule has 0 radical (unpaired) electrons. The molecule has 4 aliphatic heterocycles. The molecule has 0 saturated carbocycles. The number of fused-ring (bicyclic) bond motifs is 3. The summed E-state index contributed by atoms with van der Waals surface area (Å²) in [5.74, 6) is -0.255. The monoisotopic (exact) mass is 740 g/mol. The first-order valence-corrected chi connectivity index (χ1v) is 19.9. The Hall–Kier alpha value is -2.65. The van der Waals surface area contributed by atoms with E-state index in [4.69, 9.17) is 55.6 Å². The van der Waals surface area contributed by atoms with E-state index in [1.807, 2.05) is 13.0 Å². The number of imidazole rings is 2. The SMILES string of the molecule is C/C=C\[C@H]1[C@H](n2cnc3c(N)ncnc32)O[C@]2(C)COP(O)(=S)O[C@H]3[C@H]4OC[C@]3(COP(=O)(S)O[C@@H]12)O[C@H]4n1cnc2c(N)ncnc21. The zero-order valence-corrected chi connectivity index (χ0v) is 28.7. The summed E-state index contributed by atoms with van der Waals surface area (Å²) >= 11 is 9.89. The molecule has 4 aromatic heterocycles. The van der Waals surface area contributed by atoms with Gasteiger partial charge in [-0.25, -0.2) is 34.5 Å². The molecule has 8 heterocycles. The number of hydrogen-bond acceptors (Lipinski definition) is 17. The van der Waals surface area contributed by atoms with Crippen molar-refractivity contribution in [3.63, 3.8) is 0 Å². The maximum Gasteiger partial charge on any atom is 0.386 e. The average molecular weight is 741 g/mol. The van der Waals surface area contributed by atoms with E-state index in [1.165, 1.54) is 25.3 Å². The molecular weight excluding hydrogens is 710 g/mol. The fourth-order valence-electron chi connectivity index (χ4n) is 6.67. The van der Waals surface area contributed by atoms with Crippen LogP contribution in [0.4, 0.5) is 11.6 Å². The Kier molecular flexibility index (Phi) is 7.76. The van der Waals surface area contributed by atoms with Crippen molar-refractivity contribution >= 4 is 71.5 Å². The number of nitrogens with two attached hydrogens (primary N) is 2. The van der Waals surface area contributed by atoms with Crippen molar-refractivity contribution in [2.24, 2.45) is 5.92 Å². The second-order valence-electron chi connectivity index (χ2n) is 12.0. The number of ether oxygens (including phenoxy) is 3. The lowest BCUT2D eigenvalue weighted by molar-refractivity contribution is -0.183. The van der Waals surface area contributed by atoms with Crippen LogP contribution in [0, 0.1) is 5.92 Å². The fraction of sp³-hybridized carbons (Fsp3) is 0.520. The number of anilines is 2. The van der Waals surface area contributed by atoms with Crippen LogP contribution in [0.2, 0.25) is 0 Å². The second kappa shape index (κ2) is 11.4. The lowest BCUT2D eigenvalue weighted by Gasteiger charge is -2.36. The van der Waals surface area contributed by atoms with Gasteiger partial charge in [-0.3, -0.25) is 22.7 Å². The van der Waals surface area contributed by atoms with E-state index in [2.05, 4.69) is 42.2 Å². The molecule has 5 N–H and O–H groups in total. The van der Waals surface area contributed by atoms with Gasteiger partial charge in [-0.2, -0.15) is 0 Å². The standard InChI is InChI=1S/C25H30N10O9P2S2/c1-3-4-12-16-24(2,41-22(12)34-10-32-13-18(26)28-8-30-20(13)34)5-39-45(36,47)44-17-15-23(35-11-33-14-19(27)29-9-31-21(14)35)42-25(17,6-38-15)7-40-46(37,48)43-16/h3-4,8-12,15-17,22-23H,5-7H2,1-2H3,(H,36,47)(H,37,48)(H2,26,28,30)(H2,27,29,31)/b4-3-/t12-,15-,16+,17+,22-,23-,24-,25-,45?,46?/m1/s1. The number of aromatic nitrogens is 8. The Morgan fingerprint density at radius 3 is 2.23 bits per heavy atom. The lowest BCUT2D eigenvalue weighted by atomic mass is 9.91. The van der Waals surface area contributed by atoms with Gasteiger partial charge in [-0.1, -0.05) is 24.4 Å². The predicted octanol–water partition coefficient (Wildman–Crippen LogP) is 2.05. The molecule has 8 rings (SSSR count). The van der Waals surface area contributed by atoms with Crippen molar-refractivity contribution in [1.82, 2.24) is 39.0 Å². The van der Waals surface area contributed by atoms with Crippen molar-refractivity contribution in [3.05, 3.63) is 37.5 Å². The van der Waals surface area contributed by atoms with Gasteiger partial charge in [0, 0.05) is 0 Å². The number of allylic oxidation sites excluding steroid dienone is 1. The number of hydrogen-bond donors (Lipinski definition) is 4. The second-order valence-corrected chi connectivity index (χ2v) is 17.6. The van der Waals surface area contributed by atoms with Crippen molar-refractivity contribution in [1.29, 1.82) is 0 Å². The van der Waals surface area contributed by atoms with Crippen LogP contribution in [0.1, 0.15) is 26.3 Å². The van der Waals surface area contributed by atoms with Crippen LogP contribution in [0.25, 0.3) is 22.3 Å². The van der Waals surface area contributed by atoms with Gasteiger partial charge >= 0.3 is 13.5 Å². The summed E-state index contributed by atoms with van der Waals surface area (Å²) in [5, 5.41) is 0. The molecule has 19 nitrogen and oxygen atoms in total. The molecule has 0 aromatic carbocycles. The van der Waals surface area contributed by atoms with E-state index in [9.17, 15) is 9.46 Å². The van der Waals surface area contributed by atoms with Gasteiger partial charge in [-0.15, -0.1) is 0 Å². The van der Waals surface area contributed by atoms with Gasteiger partial charge in [-0.05, 0) is 25.7 Å². The fourth-order valence-corrected chi connectivity index (χ4v) is 9.76. The van der Waals surface area contributed by atoms with E-state index in [1.54, 1.807) is 22.1 Å². The zero-order chi connectivity index (χ0) is 33.6. The molecule has 0 amide bonds. The van der Waals surface area contributed by atoms with E-state index in [-0.39, 0.29) is 31.5 Å². The third-order valence-corrected chi connectivity index (χ3v) is 12.0. The molecule has 2 unspecified atom stereocenters. The van der Waals surface area contributed by atoms with Crippen LogP contribution in [-0.2, 0) is 48.7 Å². The van der Waals surface area contributed by atoms with Crippen molar-refractivity contribution in [2.75, 3.05) is 31.3 Å². The third-order valence-electron chi connectivity index (χ3n) is 8.86. The van der Waals surface area contributed by atoms with Crippen molar-refractivity contribution < 1.29 is 41.8 Å². The van der Waals surface area contributed by atoms with Gasteiger partial charge < -0.3 is 35.1 Å². The summed E-state index contributed by atoms with van der Waals surface area (Å²) in [6.07, 6.45) is 4.62. The summed E-state index contributed by atoms with van der Waals surface area (Å²) < 4.78 is 60.8. The molecule has 23 heteroatoms. The quantitative estimate of drug-likeness (QED) is 0.133. The Balaban J connectivity index is 1.15. The number of rotatable bonds is 3. The molecule has 4 aromatic rings. The molecule has 4 saturated heterocycles. The summed E-state index contributed by atoms with van der Waals surface area (Å²) in [7, 11) is 0. The topological polar surface area (TPSA) is 241 Å². The highest BCUT2D eigenvalue weighted by atomic mass is 32.7. The van der Waals surface area contributed by atoms with E-state index < -0.39 is 61.4 Å². The summed E-state index contributed by atoms with van der Waals surface area (Å²) in [5.41, 5.74) is 10.7. The first-order chi connectivity index (χ1) is 22.8. The van der Waals surface area contributed by atoms with E-state index in [0.29, 0.717) is 22.3 Å². The minimum atomic E-state index is -4.19. The molecule has 4 fully saturated rings. The van der Waals surface area contributed by atoms with Gasteiger partial charge in [0.2, 0.25) is 0 Å². The Morgan fingerprint density at radius 1 is 0.938 bits per heavy atom. The normalized spacial score (nSPS) is 40.2. The first-order valence-electron chi connectivity index (χ1n) is 14.6. The largest absolute Gasteiger partial charge is 0.386 e. The Bertz CT molecular complexity index is 2050. The number of nitrogen functional groups attached to an aromatic ring is 2. The smallest absolute Gasteiger partial charge is 0.382 e. The molecule has 48 heavy (non-hydrogen) atoms. The minimum absolute atomic E-state index is 0.0576. The molecule has 2 bridgehead atoms. The maximum atomic E-state index is 14.1. The number of nitrogens with zero attached hydrogens (tertiary/aromatic N) is 8. The van der Waals surface area contributed by atoms with E-state index >= 15 is 0 Å². The highest BCUT2D eigenvalue weighted by Gasteiger charge is 2.66.